The van der Waals surface area contributed by atoms with Crippen molar-refractivity contribution in [3.8, 4) is 0 Å². The molecule has 0 saturated heterocycles. The molecule has 2 aromatic rings. The molecule has 1 heterocycles. The summed E-state index contributed by atoms with van der Waals surface area (Å²) in [5.74, 6) is 0.0674. The van der Waals surface area contributed by atoms with E-state index in [1.807, 2.05) is 52.8 Å². The van der Waals surface area contributed by atoms with E-state index in [0.717, 1.165) is 11.1 Å². The highest BCUT2D eigenvalue weighted by Gasteiger charge is 2.39. The summed E-state index contributed by atoms with van der Waals surface area (Å²) in [5.41, 5.74) is 6.65. The van der Waals surface area contributed by atoms with Crippen LogP contribution in [0.2, 0.25) is 10.0 Å². The van der Waals surface area contributed by atoms with Crippen molar-refractivity contribution in [2.75, 3.05) is 32.3 Å². The number of anilines is 1. The van der Waals surface area contributed by atoms with Gasteiger partial charge < -0.3 is 20.1 Å². The van der Waals surface area contributed by atoms with Crippen molar-refractivity contribution < 1.29 is 19.1 Å². The van der Waals surface area contributed by atoms with Crippen LogP contribution in [0.4, 0.5) is 16.2 Å². The van der Waals surface area contributed by atoms with Crippen LogP contribution >= 0.6 is 23.2 Å². The molecule has 3 rings (SSSR count). The predicted octanol–water partition coefficient (Wildman–Crippen LogP) is 6.52. The first kappa shape index (κ1) is 33.8. The van der Waals surface area contributed by atoms with Gasteiger partial charge in [-0.1, -0.05) is 35.3 Å². The molecule has 1 amide bonds. The normalized spacial score (nSPS) is 14.7. The van der Waals surface area contributed by atoms with E-state index in [4.69, 9.17) is 32.7 Å². The first-order valence-electron chi connectivity index (χ1n) is 13.0. The van der Waals surface area contributed by atoms with E-state index < -0.39 is 11.1 Å². The van der Waals surface area contributed by atoms with Crippen LogP contribution in [0.1, 0.15) is 45.7 Å². The fourth-order valence-corrected chi connectivity index (χ4v) is 5.04. The van der Waals surface area contributed by atoms with Crippen LogP contribution in [-0.2, 0) is 26.2 Å². The Morgan fingerprint density at radius 2 is 1.83 bits per heavy atom. The number of aldehydes is 1. The van der Waals surface area contributed by atoms with Crippen molar-refractivity contribution in [3.63, 3.8) is 0 Å². The summed E-state index contributed by atoms with van der Waals surface area (Å²) >= 11 is 12.7. The lowest BCUT2D eigenvalue weighted by Crippen LogP contribution is -2.51. The van der Waals surface area contributed by atoms with Gasteiger partial charge in [-0.15, -0.1) is 0 Å². The van der Waals surface area contributed by atoms with Crippen LogP contribution in [0.25, 0.3) is 0 Å². The minimum Gasteiger partial charge on any atom is -0.456 e. The summed E-state index contributed by atoms with van der Waals surface area (Å²) in [7, 11) is 3.26. The Balaban J connectivity index is 0.00000287. The van der Waals surface area contributed by atoms with Gasteiger partial charge in [-0.05, 0) is 90.2 Å². The van der Waals surface area contributed by atoms with Gasteiger partial charge in [0.15, 0.2) is 13.0 Å². The number of hydrogen-bond acceptors (Lipinski definition) is 8. The minimum atomic E-state index is -0.588. The largest absolute Gasteiger partial charge is 0.456 e. The molecule has 9 nitrogen and oxygen atoms in total. The van der Waals surface area contributed by atoms with Crippen molar-refractivity contribution in [3.05, 3.63) is 69.3 Å². The Bertz CT molecular complexity index is 1300. The number of carbonyl (C=O) groups is 2. The summed E-state index contributed by atoms with van der Waals surface area (Å²) in [5, 5.41) is 0.924. The lowest BCUT2D eigenvalue weighted by molar-refractivity contribution is -0.104. The zero-order chi connectivity index (χ0) is 31.0. The zero-order valence-electron chi connectivity index (χ0n) is 24.7. The third-order valence-corrected chi connectivity index (χ3v) is 6.80. The van der Waals surface area contributed by atoms with Gasteiger partial charge in [-0.2, -0.15) is 0 Å². The fraction of sp³-hybridized carbons (Fsp3) is 0.400. The Morgan fingerprint density at radius 3 is 2.39 bits per heavy atom. The highest BCUT2D eigenvalue weighted by molar-refractivity contribution is 6.39. The quantitative estimate of drug-likeness (QED) is 0.127. The van der Waals surface area contributed by atoms with Gasteiger partial charge in [0.05, 0.1) is 32.5 Å². The van der Waals surface area contributed by atoms with Crippen LogP contribution in [-0.4, -0.2) is 62.9 Å². The number of para-hydroxylation sites is 1. The standard InChI is InChI=1S/C29H34Cl2N4O4.CH5N/c1-28(2,3)39-27(37)35-14-13-19-15-21(11-12-22(19)29(35,4)5)33-26(20(17-36)16-32-6)38-18-34(7)25-23(30)9-8-10-24(25)31;1-2/h8-12,15-17H,6,13-14,18H2,1-5,7H3;2H2,1H3/b20-16-,33-26?;. The molecule has 0 fully saturated rings. The summed E-state index contributed by atoms with van der Waals surface area (Å²) in [6.07, 6.45) is 2.16. The van der Waals surface area contributed by atoms with Crippen molar-refractivity contribution in [1.29, 1.82) is 0 Å². The Kier molecular flexibility index (Phi) is 11.9. The molecule has 0 bridgehead atoms. The third kappa shape index (κ3) is 8.55. The monoisotopic (exact) mass is 603 g/mol. The van der Waals surface area contributed by atoms with Gasteiger partial charge in [0.25, 0.3) is 0 Å². The highest BCUT2D eigenvalue weighted by atomic mass is 35.5. The molecule has 0 radical (unpaired) electrons. The van der Waals surface area contributed by atoms with Gasteiger partial charge in [-0.3, -0.25) is 14.7 Å². The molecule has 0 aliphatic carbocycles. The van der Waals surface area contributed by atoms with Gasteiger partial charge in [-0.25, -0.2) is 9.79 Å². The Morgan fingerprint density at radius 1 is 1.20 bits per heavy atom. The molecule has 1 aliphatic heterocycles. The lowest BCUT2D eigenvalue weighted by atomic mass is 9.83. The van der Waals surface area contributed by atoms with Crippen LogP contribution < -0.4 is 10.6 Å². The molecular formula is C30H39Cl2N5O4. The number of nitrogens with two attached hydrogens (primary N) is 1. The van der Waals surface area contributed by atoms with Crippen LogP contribution in [0.3, 0.4) is 0 Å². The lowest BCUT2D eigenvalue weighted by Gasteiger charge is -2.44. The molecule has 222 valence electrons. The van der Waals surface area contributed by atoms with E-state index in [1.54, 1.807) is 35.0 Å². The van der Waals surface area contributed by atoms with Crippen LogP contribution in [0.5, 0.6) is 0 Å². The number of rotatable bonds is 7. The topological polar surface area (TPSA) is 110 Å². The summed E-state index contributed by atoms with van der Waals surface area (Å²) in [6.45, 7) is 13.5. The maximum atomic E-state index is 12.9. The molecule has 0 aromatic heterocycles. The number of halogens is 2. The smallest absolute Gasteiger partial charge is 0.411 e. The summed E-state index contributed by atoms with van der Waals surface area (Å²) in [4.78, 5) is 36.5. The first-order chi connectivity index (χ1) is 19.3. The Labute approximate surface area is 252 Å². The average molecular weight is 605 g/mol. The summed E-state index contributed by atoms with van der Waals surface area (Å²) < 4.78 is 11.6. The van der Waals surface area contributed by atoms with Crippen molar-refractivity contribution in [1.82, 2.24) is 4.90 Å². The molecule has 1 aliphatic rings. The number of nitrogens with zero attached hydrogens (tertiary/aromatic N) is 4. The van der Waals surface area contributed by atoms with E-state index in [0.29, 0.717) is 40.7 Å². The van der Waals surface area contributed by atoms with E-state index in [9.17, 15) is 9.59 Å². The molecule has 2 N–H and O–H groups in total. The van der Waals surface area contributed by atoms with Crippen LogP contribution in [0.15, 0.2) is 58.2 Å². The average Bonchev–Trinajstić information content (AvgIpc) is 2.89. The van der Waals surface area contributed by atoms with E-state index in [1.165, 1.54) is 13.2 Å². The van der Waals surface area contributed by atoms with E-state index >= 15 is 0 Å². The third-order valence-electron chi connectivity index (χ3n) is 6.19. The number of fused-ring (bicyclic) bond motifs is 1. The number of benzene rings is 2. The first-order valence-corrected chi connectivity index (χ1v) is 13.7. The van der Waals surface area contributed by atoms with Crippen molar-refractivity contribution >= 4 is 59.6 Å². The fourth-order valence-electron chi connectivity index (χ4n) is 4.36. The van der Waals surface area contributed by atoms with Gasteiger partial charge in [0.1, 0.15) is 5.60 Å². The molecule has 2 aromatic carbocycles. The number of carbonyl (C=O) groups excluding carboxylic acids is 2. The molecule has 0 unspecified atom stereocenters. The van der Waals surface area contributed by atoms with Crippen molar-refractivity contribution in [2.45, 2.75) is 52.2 Å². The minimum absolute atomic E-state index is 0.00737. The molecule has 41 heavy (non-hydrogen) atoms. The molecule has 0 saturated carbocycles. The van der Waals surface area contributed by atoms with E-state index in [2.05, 4.69) is 22.4 Å². The Hall–Kier alpha value is -3.40. The number of ether oxygens (including phenoxy) is 2. The summed E-state index contributed by atoms with van der Waals surface area (Å²) in [6, 6.07) is 10.9. The second kappa shape index (κ2) is 14.5. The van der Waals surface area contributed by atoms with Gasteiger partial charge >= 0.3 is 6.09 Å². The predicted molar refractivity (Wildman–Crippen MR) is 168 cm³/mol. The SMILES string of the molecule is C=N/C=C(/C=O)C(=Nc1ccc2c(c1)CCN(C(=O)OC(C)(C)C)C2(C)C)OCN(C)c1c(Cl)cccc1Cl.CN. The molecule has 0 atom stereocenters. The van der Waals surface area contributed by atoms with Gasteiger partial charge in [0, 0.05) is 19.8 Å². The van der Waals surface area contributed by atoms with Gasteiger partial charge in [0.2, 0.25) is 5.90 Å². The number of hydrogen-bond donors (Lipinski definition) is 1. The second-order valence-electron chi connectivity index (χ2n) is 10.6. The second-order valence-corrected chi connectivity index (χ2v) is 11.4. The van der Waals surface area contributed by atoms with Crippen LogP contribution in [0, 0.1) is 0 Å². The zero-order valence-corrected chi connectivity index (χ0v) is 26.2. The van der Waals surface area contributed by atoms with E-state index in [-0.39, 0.29) is 24.3 Å². The molecular weight excluding hydrogens is 565 g/mol. The number of amides is 1. The maximum absolute atomic E-state index is 12.9. The maximum Gasteiger partial charge on any atom is 0.411 e. The number of aliphatic imine (C=N–C) groups is 2. The van der Waals surface area contributed by atoms with Crippen molar-refractivity contribution in [2.24, 2.45) is 15.7 Å². The molecule has 11 heteroatoms. The highest BCUT2D eigenvalue weighted by Crippen LogP contribution is 2.38. The molecule has 0 spiro atoms.